The van der Waals surface area contributed by atoms with E-state index in [0.29, 0.717) is 0 Å². The summed E-state index contributed by atoms with van der Waals surface area (Å²) in [5, 5.41) is 7.47. The zero-order chi connectivity index (χ0) is 54.1. The highest BCUT2D eigenvalue weighted by atomic mass is 15.0. The van der Waals surface area contributed by atoms with E-state index in [2.05, 4.69) is 302 Å². The number of aromatic nitrogens is 1. The van der Waals surface area contributed by atoms with Gasteiger partial charge in [0.05, 0.1) is 21.9 Å². The molecular weight excluding hydrogens is 999 g/mol. The van der Waals surface area contributed by atoms with Crippen LogP contribution in [0.3, 0.4) is 0 Å². The Morgan fingerprint density at radius 3 is 0.904 bits per heavy atom. The number of rotatable bonds is 4. The molecule has 4 aliphatic rings. The molecule has 0 aliphatic heterocycles. The van der Waals surface area contributed by atoms with Gasteiger partial charge in [-0.3, -0.25) is 0 Å². The zero-order valence-electron chi connectivity index (χ0n) is 45.2. The number of benzene rings is 14. The minimum Gasteiger partial charge on any atom is -0.309 e. The lowest BCUT2D eigenvalue weighted by atomic mass is 9.70. The first-order valence-corrected chi connectivity index (χ1v) is 29.2. The van der Waals surface area contributed by atoms with Gasteiger partial charge in [0.25, 0.3) is 0 Å². The summed E-state index contributed by atoms with van der Waals surface area (Å²) in [5.41, 5.74) is 31.2. The third-order valence-corrected chi connectivity index (χ3v) is 19.6. The Bertz CT molecular complexity index is 5160. The van der Waals surface area contributed by atoms with E-state index in [1.165, 1.54) is 166 Å². The maximum Gasteiger partial charge on any atom is 0.0725 e. The van der Waals surface area contributed by atoms with E-state index in [9.17, 15) is 0 Å². The normalized spacial score (nSPS) is 14.0. The highest BCUT2D eigenvalue weighted by molar-refractivity contribution is 6.22. The van der Waals surface area contributed by atoms with Crippen molar-refractivity contribution in [2.45, 2.75) is 10.8 Å². The molecule has 15 aromatic rings. The molecule has 0 saturated heterocycles. The minimum absolute atomic E-state index is 0.464. The van der Waals surface area contributed by atoms with Crippen LogP contribution in [0.1, 0.15) is 44.5 Å². The first-order valence-electron chi connectivity index (χ1n) is 29.2. The van der Waals surface area contributed by atoms with Gasteiger partial charge in [-0.15, -0.1) is 0 Å². The van der Waals surface area contributed by atoms with Crippen LogP contribution >= 0.6 is 0 Å². The molecule has 0 saturated carbocycles. The Balaban J connectivity index is 0.874. The molecule has 1 heteroatoms. The molecule has 19 rings (SSSR count). The predicted octanol–water partition coefficient (Wildman–Crippen LogP) is 20.8. The molecule has 2 spiro atoms. The van der Waals surface area contributed by atoms with Crippen LogP contribution in [-0.4, -0.2) is 4.57 Å². The summed E-state index contributed by atoms with van der Waals surface area (Å²) in [5.74, 6) is 0. The highest BCUT2D eigenvalue weighted by Gasteiger charge is 2.53. The van der Waals surface area contributed by atoms with Crippen molar-refractivity contribution in [1.29, 1.82) is 0 Å². The molecule has 0 amide bonds. The van der Waals surface area contributed by atoms with Crippen LogP contribution in [0.15, 0.2) is 297 Å². The number of nitrogens with zero attached hydrogens (tertiary/aromatic N) is 1. The molecule has 4 aliphatic carbocycles. The van der Waals surface area contributed by atoms with E-state index in [1.54, 1.807) is 0 Å². The molecule has 83 heavy (non-hydrogen) atoms. The van der Waals surface area contributed by atoms with Crippen molar-refractivity contribution >= 4 is 43.4 Å². The summed E-state index contributed by atoms with van der Waals surface area (Å²) >= 11 is 0. The van der Waals surface area contributed by atoms with Crippen molar-refractivity contribution in [3.05, 3.63) is 342 Å². The summed E-state index contributed by atoms with van der Waals surface area (Å²) in [7, 11) is 0. The lowest BCUT2D eigenvalue weighted by Crippen LogP contribution is -2.25. The van der Waals surface area contributed by atoms with Crippen LogP contribution < -0.4 is 0 Å². The van der Waals surface area contributed by atoms with Crippen molar-refractivity contribution in [1.82, 2.24) is 4.57 Å². The van der Waals surface area contributed by atoms with Crippen LogP contribution in [0, 0.1) is 0 Å². The molecule has 0 N–H and O–H groups in total. The van der Waals surface area contributed by atoms with E-state index >= 15 is 0 Å². The van der Waals surface area contributed by atoms with Gasteiger partial charge in [-0.05, 0) is 186 Å². The lowest BCUT2D eigenvalue weighted by molar-refractivity contribution is 0.794. The Morgan fingerprint density at radius 2 is 0.494 bits per heavy atom. The zero-order valence-corrected chi connectivity index (χ0v) is 45.2. The fraction of sp³-hybridized carbons (Fsp3) is 0.0244. The Labute approximate surface area is 481 Å². The van der Waals surface area contributed by atoms with Gasteiger partial charge in [0.1, 0.15) is 0 Å². The van der Waals surface area contributed by atoms with E-state index < -0.39 is 10.8 Å². The van der Waals surface area contributed by atoms with Gasteiger partial charge in [-0.25, -0.2) is 0 Å². The fourth-order valence-electron chi connectivity index (χ4n) is 16.5. The molecular formula is C82H49N. The molecule has 1 nitrogen and oxygen atoms in total. The summed E-state index contributed by atoms with van der Waals surface area (Å²) in [6, 6.07) is 113. The van der Waals surface area contributed by atoms with E-state index in [-0.39, 0.29) is 0 Å². The van der Waals surface area contributed by atoms with Gasteiger partial charge in [0.2, 0.25) is 0 Å². The monoisotopic (exact) mass is 1050 g/mol. The molecule has 14 aromatic carbocycles. The Hall–Kier alpha value is -10.6. The Kier molecular flexibility index (Phi) is 8.98. The average Bonchev–Trinajstić information content (AvgIpc) is 2.72. The standard InChI is InChI=1S/C82H49N/c1-2-28-66-65(27-1)79(52-40-44-61-59-23-7-15-33-73(59)81(75(61)48-52)69-29-11-3-19-55(69)56-20-4-12-30-70(56)81)67-46-39-51(50-37-42-54(43-38-50)83-77-35-17-9-25-63(77)64-26-10-18-36-78(64)83)47-68(67)80(66)53-41-45-62-60-24-8-16-34-74(60)82(76(62)49-53)71-31-13-5-21-57(71)58-22-6-14-32-72(58)82/h1-49H. The van der Waals surface area contributed by atoms with Crippen molar-refractivity contribution in [2.75, 3.05) is 0 Å². The SMILES string of the molecule is c1ccc2c(c1)-c1ccccc1C21c2ccccc2-c2ccc(-c3c4ccccc4c(-c4ccc5c(c4)C4(c6ccccc6-c6ccccc64)c4ccccc4-5)c4cc(-c5ccc(-n6c7ccccc7c7ccccc76)cc5)ccc34)cc21. The topological polar surface area (TPSA) is 4.93 Å². The summed E-state index contributed by atoms with van der Waals surface area (Å²) in [6.07, 6.45) is 0. The second-order valence-corrected chi connectivity index (χ2v) is 23.3. The molecule has 0 fully saturated rings. The summed E-state index contributed by atoms with van der Waals surface area (Å²) in [6.45, 7) is 0. The van der Waals surface area contributed by atoms with Gasteiger partial charge >= 0.3 is 0 Å². The second kappa shape index (κ2) is 16.5. The molecule has 0 atom stereocenters. The fourth-order valence-corrected chi connectivity index (χ4v) is 16.5. The smallest absolute Gasteiger partial charge is 0.0725 e. The quantitative estimate of drug-likeness (QED) is 0.155. The molecule has 1 heterocycles. The third-order valence-electron chi connectivity index (χ3n) is 19.6. The van der Waals surface area contributed by atoms with Gasteiger partial charge < -0.3 is 4.57 Å². The van der Waals surface area contributed by atoms with Crippen molar-refractivity contribution in [2.24, 2.45) is 0 Å². The minimum atomic E-state index is -0.473. The van der Waals surface area contributed by atoms with E-state index in [1.807, 2.05) is 0 Å². The maximum absolute atomic E-state index is 2.58. The average molecular weight is 1050 g/mol. The molecule has 382 valence electrons. The van der Waals surface area contributed by atoms with E-state index in [4.69, 9.17) is 0 Å². The van der Waals surface area contributed by atoms with Crippen LogP contribution in [0.25, 0.3) is 127 Å². The lowest BCUT2D eigenvalue weighted by Gasteiger charge is -2.31. The largest absolute Gasteiger partial charge is 0.309 e. The van der Waals surface area contributed by atoms with Gasteiger partial charge in [-0.2, -0.15) is 0 Å². The van der Waals surface area contributed by atoms with Crippen molar-refractivity contribution < 1.29 is 0 Å². The van der Waals surface area contributed by atoms with Crippen molar-refractivity contribution in [3.63, 3.8) is 0 Å². The number of hydrogen-bond acceptors (Lipinski definition) is 0. The first-order chi connectivity index (χ1) is 41.2. The van der Waals surface area contributed by atoms with E-state index in [0.717, 1.165) is 5.69 Å². The summed E-state index contributed by atoms with van der Waals surface area (Å²) in [4.78, 5) is 0. The number of hydrogen-bond donors (Lipinski definition) is 0. The first kappa shape index (κ1) is 45.2. The van der Waals surface area contributed by atoms with Crippen LogP contribution in [0.2, 0.25) is 0 Å². The van der Waals surface area contributed by atoms with Gasteiger partial charge in [0.15, 0.2) is 0 Å². The third kappa shape index (κ3) is 5.71. The predicted molar refractivity (Wildman–Crippen MR) is 345 cm³/mol. The van der Waals surface area contributed by atoms with Crippen LogP contribution in [0.5, 0.6) is 0 Å². The highest BCUT2D eigenvalue weighted by Crippen LogP contribution is 2.65. The van der Waals surface area contributed by atoms with Crippen LogP contribution in [-0.2, 0) is 10.8 Å². The van der Waals surface area contributed by atoms with Gasteiger partial charge in [-0.1, -0.05) is 255 Å². The van der Waals surface area contributed by atoms with Gasteiger partial charge in [0, 0.05) is 16.5 Å². The van der Waals surface area contributed by atoms with Crippen LogP contribution in [0.4, 0.5) is 0 Å². The second-order valence-electron chi connectivity index (χ2n) is 23.3. The molecule has 0 radical (unpaired) electrons. The molecule has 1 aromatic heterocycles. The molecule has 0 unspecified atom stereocenters. The summed E-state index contributed by atoms with van der Waals surface area (Å²) < 4.78 is 2.41. The number of fused-ring (bicyclic) bond motifs is 25. The van der Waals surface area contributed by atoms with Crippen molar-refractivity contribution in [3.8, 4) is 83.6 Å². The maximum atomic E-state index is 2.58. The number of para-hydroxylation sites is 2. The molecule has 0 bridgehead atoms. The Morgan fingerprint density at radius 1 is 0.193 bits per heavy atom.